The van der Waals surface area contributed by atoms with Gasteiger partial charge in [0.2, 0.25) is 9.84 Å². The van der Waals surface area contributed by atoms with E-state index in [9.17, 15) is 26.8 Å². The quantitative estimate of drug-likeness (QED) is 0.717. The summed E-state index contributed by atoms with van der Waals surface area (Å²) in [6, 6.07) is 7.16. The van der Waals surface area contributed by atoms with Crippen LogP contribution in [0.1, 0.15) is 20.0 Å². The molecule has 0 aliphatic rings. The Labute approximate surface area is 147 Å². The molecule has 2 rings (SSSR count). The molecule has 0 spiro atoms. The maximum Gasteiger partial charge on any atom is 0.341 e. The average molecular weight is 439 g/mol. The molecule has 0 bridgehead atoms. The maximum atomic E-state index is 12.4. The maximum absolute atomic E-state index is 12.4. The zero-order valence-corrected chi connectivity index (χ0v) is 14.8. The third-order valence-electron chi connectivity index (χ3n) is 2.77. The van der Waals surface area contributed by atoms with Gasteiger partial charge in [0.15, 0.2) is 0 Å². The van der Waals surface area contributed by atoms with Gasteiger partial charge in [-0.05, 0) is 52.3 Å². The van der Waals surface area contributed by atoms with Gasteiger partial charge in [-0.2, -0.15) is 8.78 Å². The van der Waals surface area contributed by atoms with Crippen LogP contribution in [0.4, 0.5) is 8.78 Å². The van der Waals surface area contributed by atoms with Crippen LogP contribution < -0.4 is 10.9 Å². The second kappa shape index (κ2) is 7.36. The lowest BCUT2D eigenvalue weighted by Crippen LogP contribution is -2.41. The number of thiophene rings is 1. The van der Waals surface area contributed by atoms with Crippen molar-refractivity contribution in [1.29, 1.82) is 0 Å². The number of halogens is 3. The van der Waals surface area contributed by atoms with E-state index in [2.05, 4.69) is 26.8 Å². The van der Waals surface area contributed by atoms with E-state index >= 15 is 0 Å². The predicted octanol–water partition coefficient (Wildman–Crippen LogP) is 2.58. The zero-order chi connectivity index (χ0) is 17.9. The van der Waals surface area contributed by atoms with Gasteiger partial charge in [0.25, 0.3) is 11.8 Å². The first-order valence-corrected chi connectivity index (χ1v) is 9.35. The number of hydrogen-bond acceptors (Lipinski definition) is 5. The van der Waals surface area contributed by atoms with Crippen molar-refractivity contribution in [2.45, 2.75) is 10.7 Å². The van der Waals surface area contributed by atoms with Crippen LogP contribution in [0.15, 0.2) is 45.1 Å². The van der Waals surface area contributed by atoms with Crippen molar-refractivity contribution >= 4 is 48.9 Å². The highest BCUT2D eigenvalue weighted by Gasteiger charge is 2.26. The minimum atomic E-state index is -4.72. The number of carbonyl (C=O) groups excluding carboxylic acids is 2. The summed E-state index contributed by atoms with van der Waals surface area (Å²) in [5.41, 5.74) is 4.33. The standard InChI is InChI=1S/C13H9BrF2N2O4S2/c14-10-6-5-9(23-10)12(20)18-17-11(19)7-1-3-8(4-2-7)24(21,22)13(15)16/h1-6,13H,(H,17,19)(H,18,20). The van der Waals surface area contributed by atoms with E-state index in [0.29, 0.717) is 4.88 Å². The van der Waals surface area contributed by atoms with E-state index in [0.717, 1.165) is 28.1 Å². The molecule has 0 aliphatic carbocycles. The number of hydrazine groups is 1. The number of nitrogens with one attached hydrogen (secondary N) is 2. The molecule has 0 unspecified atom stereocenters. The van der Waals surface area contributed by atoms with Crippen molar-refractivity contribution < 1.29 is 26.8 Å². The molecule has 2 amide bonds. The van der Waals surface area contributed by atoms with Crippen molar-refractivity contribution in [3.63, 3.8) is 0 Å². The fourth-order valence-corrected chi connectivity index (χ4v) is 3.58. The van der Waals surface area contributed by atoms with Crippen LogP contribution >= 0.6 is 27.3 Å². The van der Waals surface area contributed by atoms with Crippen LogP contribution in [0.3, 0.4) is 0 Å². The summed E-state index contributed by atoms with van der Waals surface area (Å²) >= 11 is 4.37. The molecule has 2 N–H and O–H groups in total. The number of benzene rings is 1. The van der Waals surface area contributed by atoms with Crippen LogP contribution in [0.5, 0.6) is 0 Å². The SMILES string of the molecule is O=C(NNC(=O)c1ccc(Br)s1)c1ccc(S(=O)(=O)C(F)F)cc1. The summed E-state index contributed by atoms with van der Waals surface area (Å²) in [7, 11) is -4.72. The fraction of sp³-hybridized carbons (Fsp3) is 0.0769. The van der Waals surface area contributed by atoms with Gasteiger partial charge in [0, 0.05) is 5.56 Å². The van der Waals surface area contributed by atoms with E-state index in [1.54, 1.807) is 12.1 Å². The summed E-state index contributed by atoms with van der Waals surface area (Å²) in [6.45, 7) is 0. The molecule has 1 aromatic carbocycles. The molecule has 1 heterocycles. The minimum Gasteiger partial charge on any atom is -0.267 e. The summed E-state index contributed by atoms with van der Waals surface area (Å²) in [5.74, 6) is -4.79. The van der Waals surface area contributed by atoms with E-state index in [1.807, 2.05) is 0 Å². The van der Waals surface area contributed by atoms with Crippen LogP contribution in [0, 0.1) is 0 Å². The molecule has 0 saturated heterocycles. The Balaban J connectivity index is 2.02. The Kier molecular flexibility index (Phi) is 5.67. The molecule has 2 aromatic rings. The van der Waals surface area contributed by atoms with Gasteiger partial charge in [-0.15, -0.1) is 11.3 Å². The lowest BCUT2D eigenvalue weighted by atomic mass is 10.2. The molecule has 0 atom stereocenters. The number of rotatable bonds is 4. The molecule has 11 heteroatoms. The molecular formula is C13H9BrF2N2O4S2. The zero-order valence-electron chi connectivity index (χ0n) is 11.6. The Morgan fingerprint density at radius 1 is 1.00 bits per heavy atom. The number of amides is 2. The predicted molar refractivity (Wildman–Crippen MR) is 86.6 cm³/mol. The summed E-state index contributed by atoms with van der Waals surface area (Å²) in [4.78, 5) is 23.4. The topological polar surface area (TPSA) is 92.3 Å². The van der Waals surface area contributed by atoms with Crippen LogP contribution in [-0.4, -0.2) is 26.0 Å². The Morgan fingerprint density at radius 2 is 1.58 bits per heavy atom. The largest absolute Gasteiger partial charge is 0.341 e. The fourth-order valence-electron chi connectivity index (χ4n) is 1.58. The van der Waals surface area contributed by atoms with Gasteiger partial charge in [0.05, 0.1) is 13.6 Å². The van der Waals surface area contributed by atoms with Crippen LogP contribution in [-0.2, 0) is 9.84 Å². The Hall–Kier alpha value is -1.85. The van der Waals surface area contributed by atoms with Gasteiger partial charge in [0.1, 0.15) is 0 Å². The highest BCUT2D eigenvalue weighted by molar-refractivity contribution is 9.11. The van der Waals surface area contributed by atoms with E-state index < -0.39 is 32.3 Å². The molecule has 6 nitrogen and oxygen atoms in total. The molecule has 0 saturated carbocycles. The summed E-state index contributed by atoms with van der Waals surface area (Å²) in [6.07, 6.45) is 0. The first-order valence-electron chi connectivity index (χ1n) is 6.20. The van der Waals surface area contributed by atoms with Gasteiger partial charge in [-0.25, -0.2) is 8.42 Å². The molecule has 0 aliphatic heterocycles. The van der Waals surface area contributed by atoms with Gasteiger partial charge in [-0.1, -0.05) is 0 Å². The normalized spacial score (nSPS) is 11.3. The highest BCUT2D eigenvalue weighted by Crippen LogP contribution is 2.21. The first-order chi connectivity index (χ1) is 11.2. The van der Waals surface area contributed by atoms with Crippen LogP contribution in [0.25, 0.3) is 0 Å². The van der Waals surface area contributed by atoms with E-state index in [1.165, 1.54) is 11.3 Å². The Morgan fingerprint density at radius 3 is 2.08 bits per heavy atom. The molecule has 1 aromatic heterocycles. The van der Waals surface area contributed by atoms with Gasteiger partial charge >= 0.3 is 5.76 Å². The highest BCUT2D eigenvalue weighted by atomic mass is 79.9. The van der Waals surface area contributed by atoms with Gasteiger partial charge < -0.3 is 0 Å². The lowest BCUT2D eigenvalue weighted by Gasteiger charge is -2.07. The van der Waals surface area contributed by atoms with Gasteiger partial charge in [-0.3, -0.25) is 20.4 Å². The van der Waals surface area contributed by atoms with Crippen molar-refractivity contribution in [2.24, 2.45) is 0 Å². The second-order valence-corrected chi connectivity index (χ2v) is 8.72. The Bertz CT molecular complexity index is 866. The number of alkyl halides is 2. The molecule has 128 valence electrons. The second-order valence-electron chi connectivity index (χ2n) is 4.34. The van der Waals surface area contributed by atoms with Crippen molar-refractivity contribution in [1.82, 2.24) is 10.9 Å². The van der Waals surface area contributed by atoms with Crippen LogP contribution in [0.2, 0.25) is 0 Å². The summed E-state index contributed by atoms with van der Waals surface area (Å²) < 4.78 is 48.1. The van der Waals surface area contributed by atoms with E-state index in [-0.39, 0.29) is 5.56 Å². The average Bonchev–Trinajstić information content (AvgIpc) is 2.98. The first kappa shape index (κ1) is 18.5. The third-order valence-corrected chi connectivity index (χ3v) is 5.79. The van der Waals surface area contributed by atoms with Crippen molar-refractivity contribution in [2.75, 3.05) is 0 Å². The molecule has 0 fully saturated rings. The molecule has 0 radical (unpaired) electrons. The lowest BCUT2D eigenvalue weighted by molar-refractivity contribution is 0.0849. The number of hydrogen-bond donors (Lipinski definition) is 2. The number of sulfone groups is 1. The molecular weight excluding hydrogens is 430 g/mol. The monoisotopic (exact) mass is 438 g/mol. The smallest absolute Gasteiger partial charge is 0.267 e. The van der Waals surface area contributed by atoms with E-state index in [4.69, 9.17) is 0 Å². The third kappa shape index (κ3) is 4.16. The molecule has 24 heavy (non-hydrogen) atoms. The van der Waals surface area contributed by atoms with Crippen molar-refractivity contribution in [3.8, 4) is 0 Å². The van der Waals surface area contributed by atoms with Crippen molar-refractivity contribution in [3.05, 3.63) is 50.6 Å². The summed E-state index contributed by atoms with van der Waals surface area (Å²) in [5, 5.41) is 0. The minimum absolute atomic E-state index is 0.00382. The number of carbonyl (C=O) groups is 2.